The van der Waals surface area contributed by atoms with Gasteiger partial charge in [-0.3, -0.25) is 9.59 Å². The van der Waals surface area contributed by atoms with Crippen LogP contribution in [0, 0.1) is 0 Å². The van der Waals surface area contributed by atoms with Gasteiger partial charge >= 0.3 is 0 Å². The number of aromatic nitrogens is 4. The third kappa shape index (κ3) is 8.91. The minimum atomic E-state index is -1.09. The number of nitrogens with zero attached hydrogens (tertiary/aromatic N) is 4. The van der Waals surface area contributed by atoms with E-state index in [1.165, 1.54) is 4.68 Å². The molecule has 0 fully saturated rings. The number of tetrazole rings is 1. The van der Waals surface area contributed by atoms with Crippen LogP contribution in [0.3, 0.4) is 0 Å². The highest BCUT2D eigenvalue weighted by Gasteiger charge is 2.28. The number of hydrogen-bond acceptors (Lipinski definition) is 7. The molecule has 1 atom stereocenters. The maximum absolute atomic E-state index is 12.6. The monoisotopic (exact) mass is 481 g/mol. The fourth-order valence-corrected chi connectivity index (χ4v) is 3.11. The summed E-state index contributed by atoms with van der Waals surface area (Å²) < 4.78 is 7.35. The molecular weight excluding hydrogens is 446 g/mol. The summed E-state index contributed by atoms with van der Waals surface area (Å²) in [5, 5.41) is 17.6. The van der Waals surface area contributed by atoms with Gasteiger partial charge < -0.3 is 21.1 Å². The average Bonchev–Trinajstić information content (AvgIpc) is 3.30. The van der Waals surface area contributed by atoms with Crippen LogP contribution in [0.1, 0.15) is 50.7 Å². The summed E-state index contributed by atoms with van der Waals surface area (Å²) in [6.07, 6.45) is 0.179. The first-order chi connectivity index (χ1) is 16.3. The van der Waals surface area contributed by atoms with Gasteiger partial charge in [-0.25, -0.2) is 4.68 Å². The molecule has 2 amide bonds. The topological polar surface area (TPSA) is 137 Å². The molecule has 0 saturated heterocycles. The van der Waals surface area contributed by atoms with E-state index in [2.05, 4.69) is 26.2 Å². The molecule has 10 nitrogen and oxygen atoms in total. The summed E-state index contributed by atoms with van der Waals surface area (Å²) in [5.41, 5.74) is 6.88. The summed E-state index contributed by atoms with van der Waals surface area (Å²) >= 11 is 0. The molecular formula is C25H35N7O3. The Hall–Kier alpha value is -3.63. The van der Waals surface area contributed by atoms with Crippen LogP contribution in [-0.4, -0.2) is 44.2 Å². The number of nitrogens with two attached hydrogens (primary N) is 1. The van der Waals surface area contributed by atoms with Crippen molar-refractivity contribution in [2.24, 2.45) is 5.73 Å². The van der Waals surface area contributed by atoms with Gasteiger partial charge in [-0.2, -0.15) is 0 Å². The SMILES string of the molecule is C.CC(C)(N)C(=O)N[C@H](COCc1ccccc1)c1nnnn1CCC(=O)NCc1ccccc1. The molecule has 4 N–H and O–H groups in total. The van der Waals surface area contributed by atoms with Gasteiger partial charge in [0.2, 0.25) is 11.8 Å². The number of amides is 2. The van der Waals surface area contributed by atoms with Gasteiger partial charge in [0, 0.05) is 13.0 Å². The first kappa shape index (κ1) is 27.6. The molecule has 1 aromatic heterocycles. The number of aryl methyl sites for hydroxylation is 1. The molecule has 1 heterocycles. The lowest BCUT2D eigenvalue weighted by molar-refractivity contribution is -0.126. The normalized spacial score (nSPS) is 11.9. The highest BCUT2D eigenvalue weighted by molar-refractivity contribution is 5.85. The minimum Gasteiger partial charge on any atom is -0.374 e. The van der Waals surface area contributed by atoms with E-state index >= 15 is 0 Å². The van der Waals surface area contributed by atoms with Gasteiger partial charge in [0.05, 0.1) is 25.3 Å². The van der Waals surface area contributed by atoms with Crippen LogP contribution in [-0.2, 0) is 34.0 Å². The van der Waals surface area contributed by atoms with E-state index in [4.69, 9.17) is 10.5 Å². The van der Waals surface area contributed by atoms with Crippen molar-refractivity contribution in [2.45, 2.75) is 59.0 Å². The maximum Gasteiger partial charge on any atom is 0.240 e. The van der Waals surface area contributed by atoms with Gasteiger partial charge in [-0.05, 0) is 35.4 Å². The van der Waals surface area contributed by atoms with E-state index < -0.39 is 11.6 Å². The Morgan fingerprint density at radius 2 is 1.69 bits per heavy atom. The predicted molar refractivity (Wildman–Crippen MR) is 133 cm³/mol. The zero-order valence-electron chi connectivity index (χ0n) is 19.5. The van der Waals surface area contributed by atoms with Crippen LogP contribution >= 0.6 is 0 Å². The van der Waals surface area contributed by atoms with Crippen LogP contribution < -0.4 is 16.4 Å². The highest BCUT2D eigenvalue weighted by Crippen LogP contribution is 2.13. The lowest BCUT2D eigenvalue weighted by Gasteiger charge is -2.23. The first-order valence-corrected chi connectivity index (χ1v) is 11.1. The maximum atomic E-state index is 12.6. The number of ether oxygens (including phenoxy) is 1. The quantitative estimate of drug-likeness (QED) is 0.360. The molecule has 0 aliphatic carbocycles. The second-order valence-corrected chi connectivity index (χ2v) is 8.52. The molecule has 0 radical (unpaired) electrons. The van der Waals surface area contributed by atoms with Gasteiger partial charge in [-0.1, -0.05) is 68.1 Å². The van der Waals surface area contributed by atoms with E-state index in [1.807, 2.05) is 60.7 Å². The Morgan fingerprint density at radius 3 is 2.31 bits per heavy atom. The lowest BCUT2D eigenvalue weighted by atomic mass is 10.1. The van der Waals surface area contributed by atoms with Gasteiger partial charge in [0.1, 0.15) is 6.04 Å². The molecule has 188 valence electrons. The standard InChI is InChI=1S/C24H31N7O3.CH4/c1-24(2,25)23(33)27-20(17-34-16-19-11-7-4-8-12-19)22-28-29-30-31(22)14-13-21(32)26-15-18-9-5-3-6-10-18;/h3-12,20H,13-17,25H2,1-2H3,(H,26,32)(H,27,33);1H4/t20-;/m1./s1. The Bertz CT molecular complexity index is 1050. The summed E-state index contributed by atoms with van der Waals surface area (Å²) in [6.45, 7) is 4.42. The van der Waals surface area contributed by atoms with Crippen molar-refractivity contribution in [1.29, 1.82) is 0 Å². The summed E-state index contributed by atoms with van der Waals surface area (Å²) in [7, 11) is 0. The Balaban J connectivity index is 0.00000432. The molecule has 0 bridgehead atoms. The second-order valence-electron chi connectivity index (χ2n) is 8.52. The molecule has 0 saturated carbocycles. The van der Waals surface area contributed by atoms with E-state index in [1.54, 1.807) is 13.8 Å². The number of hydrogen-bond donors (Lipinski definition) is 3. The minimum absolute atomic E-state index is 0. The van der Waals surface area contributed by atoms with Gasteiger partial charge in [0.15, 0.2) is 5.82 Å². The Kier molecular flexibility index (Phi) is 10.5. The van der Waals surface area contributed by atoms with Crippen LogP contribution in [0.2, 0.25) is 0 Å². The number of benzene rings is 2. The third-order valence-corrected chi connectivity index (χ3v) is 5.04. The zero-order chi connectivity index (χ0) is 24.4. The molecule has 0 aliphatic rings. The molecule has 3 aromatic rings. The Labute approximate surface area is 206 Å². The Morgan fingerprint density at radius 1 is 1.06 bits per heavy atom. The average molecular weight is 482 g/mol. The first-order valence-electron chi connectivity index (χ1n) is 11.1. The molecule has 2 aromatic carbocycles. The summed E-state index contributed by atoms with van der Waals surface area (Å²) in [4.78, 5) is 24.9. The number of rotatable bonds is 12. The largest absolute Gasteiger partial charge is 0.374 e. The van der Waals surface area contributed by atoms with Crippen LogP contribution in [0.4, 0.5) is 0 Å². The van der Waals surface area contributed by atoms with Crippen molar-refractivity contribution in [3.8, 4) is 0 Å². The van der Waals surface area contributed by atoms with Gasteiger partial charge in [-0.15, -0.1) is 5.10 Å². The molecule has 35 heavy (non-hydrogen) atoms. The number of nitrogens with one attached hydrogen (secondary N) is 2. The molecule has 0 aliphatic heterocycles. The fraction of sp³-hybridized carbons (Fsp3) is 0.400. The zero-order valence-corrected chi connectivity index (χ0v) is 19.5. The van der Waals surface area contributed by atoms with E-state index in [-0.39, 0.29) is 38.8 Å². The van der Waals surface area contributed by atoms with Crippen LogP contribution in [0.25, 0.3) is 0 Å². The molecule has 0 unspecified atom stereocenters. The van der Waals surface area contributed by atoms with Crippen molar-refractivity contribution >= 4 is 11.8 Å². The van der Waals surface area contributed by atoms with Crippen LogP contribution in [0.15, 0.2) is 60.7 Å². The van der Waals surface area contributed by atoms with Gasteiger partial charge in [0.25, 0.3) is 0 Å². The van der Waals surface area contributed by atoms with Crippen molar-refractivity contribution in [3.05, 3.63) is 77.6 Å². The molecule has 10 heteroatoms. The van der Waals surface area contributed by atoms with Crippen molar-refractivity contribution in [1.82, 2.24) is 30.8 Å². The summed E-state index contributed by atoms with van der Waals surface area (Å²) in [5.74, 6) is -0.105. The second kappa shape index (κ2) is 13.3. The lowest BCUT2D eigenvalue weighted by Crippen LogP contribution is -2.51. The number of carbonyl (C=O) groups is 2. The van der Waals surface area contributed by atoms with Crippen molar-refractivity contribution in [3.63, 3.8) is 0 Å². The smallest absolute Gasteiger partial charge is 0.240 e. The fourth-order valence-electron chi connectivity index (χ4n) is 3.11. The van der Waals surface area contributed by atoms with Crippen LogP contribution in [0.5, 0.6) is 0 Å². The number of carbonyl (C=O) groups excluding carboxylic acids is 2. The van der Waals surface area contributed by atoms with Crippen molar-refractivity contribution < 1.29 is 14.3 Å². The molecule has 0 spiro atoms. The van der Waals surface area contributed by atoms with E-state index in [0.717, 1.165) is 11.1 Å². The van der Waals surface area contributed by atoms with E-state index in [0.29, 0.717) is 19.0 Å². The van der Waals surface area contributed by atoms with Crippen molar-refractivity contribution in [2.75, 3.05) is 6.61 Å². The highest BCUT2D eigenvalue weighted by atomic mass is 16.5. The predicted octanol–water partition coefficient (Wildman–Crippen LogP) is 2.13. The van der Waals surface area contributed by atoms with E-state index in [9.17, 15) is 9.59 Å². The molecule has 3 rings (SSSR count). The summed E-state index contributed by atoms with van der Waals surface area (Å²) in [6, 6.07) is 18.7. The third-order valence-electron chi connectivity index (χ3n) is 5.04.